The van der Waals surface area contributed by atoms with E-state index < -0.39 is 15.3 Å². The molecule has 0 bridgehead atoms. The van der Waals surface area contributed by atoms with E-state index in [1.54, 1.807) is 19.9 Å². The third kappa shape index (κ3) is 3.64. The summed E-state index contributed by atoms with van der Waals surface area (Å²) in [7, 11) is -3.28. The maximum atomic E-state index is 13.3. The molecular weight excluding hydrogens is 337 g/mol. The molecule has 126 valence electrons. The molecule has 23 heavy (non-hydrogen) atoms. The highest BCUT2D eigenvalue weighted by Crippen LogP contribution is 2.31. The van der Waals surface area contributed by atoms with Crippen molar-refractivity contribution in [2.75, 3.05) is 18.0 Å². The predicted octanol–water partition coefficient (Wildman–Crippen LogP) is 2.73. The van der Waals surface area contributed by atoms with Gasteiger partial charge in [0.1, 0.15) is 5.82 Å². The standard InChI is InChI=1S/C15H20FN3O2S2/c1-10(2)23(20,21)18-12-4-3-7-19(9-12)15-17-13-6-5-11(16)8-14(13)22-15/h5-6,8,10,12,18H,3-4,7,9H2,1-2H3. The molecule has 0 aliphatic carbocycles. The Morgan fingerprint density at radius 2 is 2.22 bits per heavy atom. The second-order valence-corrected chi connectivity index (χ2v) is 9.38. The van der Waals surface area contributed by atoms with Crippen LogP contribution in [0.15, 0.2) is 18.2 Å². The normalized spacial score (nSPS) is 19.7. The van der Waals surface area contributed by atoms with Crippen LogP contribution in [0.5, 0.6) is 0 Å². The highest BCUT2D eigenvalue weighted by molar-refractivity contribution is 7.90. The number of fused-ring (bicyclic) bond motifs is 1. The van der Waals surface area contributed by atoms with Gasteiger partial charge in [-0.25, -0.2) is 22.5 Å². The van der Waals surface area contributed by atoms with E-state index in [-0.39, 0.29) is 11.9 Å². The summed E-state index contributed by atoms with van der Waals surface area (Å²) in [5.74, 6) is -0.270. The highest BCUT2D eigenvalue weighted by Gasteiger charge is 2.27. The number of sulfonamides is 1. The molecule has 1 aliphatic heterocycles. The number of aromatic nitrogens is 1. The van der Waals surface area contributed by atoms with E-state index in [2.05, 4.69) is 14.6 Å². The van der Waals surface area contributed by atoms with Gasteiger partial charge in [0.2, 0.25) is 10.0 Å². The van der Waals surface area contributed by atoms with Gasteiger partial charge >= 0.3 is 0 Å². The molecule has 1 aromatic heterocycles. The van der Waals surface area contributed by atoms with Gasteiger partial charge in [0, 0.05) is 19.1 Å². The van der Waals surface area contributed by atoms with Crippen molar-refractivity contribution in [1.29, 1.82) is 0 Å². The highest BCUT2D eigenvalue weighted by atomic mass is 32.2. The predicted molar refractivity (Wildman–Crippen MR) is 92.0 cm³/mol. The van der Waals surface area contributed by atoms with Crippen LogP contribution >= 0.6 is 11.3 Å². The van der Waals surface area contributed by atoms with Crippen LogP contribution in [-0.4, -0.2) is 37.8 Å². The molecule has 1 fully saturated rings. The number of nitrogens with one attached hydrogen (secondary N) is 1. The van der Waals surface area contributed by atoms with Gasteiger partial charge in [-0.2, -0.15) is 0 Å². The second kappa shape index (κ2) is 6.33. The molecule has 3 rings (SSSR count). The lowest BCUT2D eigenvalue weighted by atomic mass is 10.1. The lowest BCUT2D eigenvalue weighted by Gasteiger charge is -2.33. The molecular formula is C15H20FN3O2S2. The fraction of sp³-hybridized carbons (Fsp3) is 0.533. The van der Waals surface area contributed by atoms with Crippen LogP contribution in [0.2, 0.25) is 0 Å². The number of benzene rings is 1. The average Bonchev–Trinajstić information content (AvgIpc) is 2.90. The largest absolute Gasteiger partial charge is 0.346 e. The van der Waals surface area contributed by atoms with Crippen molar-refractivity contribution < 1.29 is 12.8 Å². The van der Waals surface area contributed by atoms with Crippen LogP contribution in [0.4, 0.5) is 9.52 Å². The summed E-state index contributed by atoms with van der Waals surface area (Å²) < 4.78 is 41.0. The lowest BCUT2D eigenvalue weighted by Crippen LogP contribution is -2.49. The molecule has 5 nitrogen and oxygen atoms in total. The molecule has 0 saturated carbocycles. The number of halogens is 1. The quantitative estimate of drug-likeness (QED) is 0.914. The molecule has 0 spiro atoms. The topological polar surface area (TPSA) is 62.3 Å². The smallest absolute Gasteiger partial charge is 0.214 e. The first kappa shape index (κ1) is 16.6. The maximum Gasteiger partial charge on any atom is 0.214 e. The molecule has 0 amide bonds. The van der Waals surface area contributed by atoms with Gasteiger partial charge in [-0.1, -0.05) is 11.3 Å². The van der Waals surface area contributed by atoms with Gasteiger partial charge in [0.25, 0.3) is 0 Å². The first-order valence-corrected chi connectivity index (χ1v) is 10.0. The van der Waals surface area contributed by atoms with Crippen molar-refractivity contribution >= 4 is 36.7 Å². The van der Waals surface area contributed by atoms with Gasteiger partial charge in [-0.3, -0.25) is 0 Å². The van der Waals surface area contributed by atoms with E-state index in [0.29, 0.717) is 6.54 Å². The number of rotatable bonds is 4. The minimum absolute atomic E-state index is 0.111. The fourth-order valence-corrected chi connectivity index (χ4v) is 4.59. The zero-order chi connectivity index (χ0) is 16.6. The summed E-state index contributed by atoms with van der Waals surface area (Å²) >= 11 is 1.44. The number of piperidine rings is 1. The Morgan fingerprint density at radius 1 is 1.43 bits per heavy atom. The minimum atomic E-state index is -3.28. The van der Waals surface area contributed by atoms with Gasteiger partial charge in [0.15, 0.2) is 5.13 Å². The van der Waals surface area contributed by atoms with E-state index >= 15 is 0 Å². The van der Waals surface area contributed by atoms with Crippen molar-refractivity contribution in [3.8, 4) is 0 Å². The van der Waals surface area contributed by atoms with Crippen LogP contribution in [0, 0.1) is 5.82 Å². The zero-order valence-electron chi connectivity index (χ0n) is 13.1. The van der Waals surface area contributed by atoms with Crippen molar-refractivity contribution in [3.63, 3.8) is 0 Å². The Labute approximate surface area is 139 Å². The fourth-order valence-electron chi connectivity index (χ4n) is 2.64. The van der Waals surface area contributed by atoms with Crippen LogP contribution in [-0.2, 0) is 10.0 Å². The summed E-state index contributed by atoms with van der Waals surface area (Å²) in [6.45, 7) is 4.77. The number of nitrogens with zero attached hydrogens (tertiary/aromatic N) is 2. The maximum absolute atomic E-state index is 13.3. The Balaban J connectivity index is 1.77. The number of hydrogen-bond donors (Lipinski definition) is 1. The summed E-state index contributed by atoms with van der Waals surface area (Å²) in [5, 5.41) is 0.377. The van der Waals surface area contributed by atoms with Crippen molar-refractivity contribution in [1.82, 2.24) is 9.71 Å². The molecule has 1 unspecified atom stereocenters. The average molecular weight is 357 g/mol. The summed E-state index contributed by atoms with van der Waals surface area (Å²) in [4.78, 5) is 6.63. The Morgan fingerprint density at radius 3 is 2.96 bits per heavy atom. The summed E-state index contributed by atoms with van der Waals surface area (Å²) in [6.07, 6.45) is 1.72. The zero-order valence-corrected chi connectivity index (χ0v) is 14.8. The second-order valence-electron chi connectivity index (χ2n) is 6.11. The Kier molecular flexibility index (Phi) is 4.57. The number of hydrogen-bond acceptors (Lipinski definition) is 5. The minimum Gasteiger partial charge on any atom is -0.346 e. The first-order chi connectivity index (χ1) is 10.8. The number of thiazole rings is 1. The van der Waals surface area contributed by atoms with Crippen LogP contribution < -0.4 is 9.62 Å². The molecule has 1 aliphatic rings. The van der Waals surface area contributed by atoms with E-state index in [4.69, 9.17) is 0 Å². The van der Waals surface area contributed by atoms with E-state index in [1.165, 1.54) is 23.5 Å². The monoisotopic (exact) mass is 357 g/mol. The Hall–Kier alpha value is -1.25. The van der Waals surface area contributed by atoms with Gasteiger partial charge in [-0.05, 0) is 44.9 Å². The molecule has 1 aromatic carbocycles. The number of anilines is 1. The lowest BCUT2D eigenvalue weighted by molar-refractivity contribution is 0.463. The van der Waals surface area contributed by atoms with Crippen molar-refractivity contribution in [2.45, 2.75) is 38.0 Å². The van der Waals surface area contributed by atoms with Gasteiger partial charge < -0.3 is 4.90 Å². The van der Waals surface area contributed by atoms with Crippen LogP contribution in [0.1, 0.15) is 26.7 Å². The van der Waals surface area contributed by atoms with Crippen LogP contribution in [0.3, 0.4) is 0 Å². The molecule has 1 atom stereocenters. The first-order valence-electron chi connectivity index (χ1n) is 7.67. The van der Waals surface area contributed by atoms with Crippen LogP contribution in [0.25, 0.3) is 10.2 Å². The van der Waals surface area contributed by atoms with E-state index in [0.717, 1.165) is 34.7 Å². The molecule has 0 radical (unpaired) electrons. The summed E-state index contributed by atoms with van der Waals surface area (Å²) in [6, 6.07) is 4.45. The molecule has 2 aromatic rings. The van der Waals surface area contributed by atoms with Crippen molar-refractivity contribution in [2.24, 2.45) is 0 Å². The van der Waals surface area contributed by atoms with E-state index in [1.807, 2.05) is 0 Å². The van der Waals surface area contributed by atoms with Crippen molar-refractivity contribution in [3.05, 3.63) is 24.0 Å². The SMILES string of the molecule is CC(C)S(=O)(=O)NC1CCCN(c2nc3ccc(F)cc3s2)C1. The van der Waals surface area contributed by atoms with Gasteiger partial charge in [0.05, 0.1) is 15.5 Å². The summed E-state index contributed by atoms with van der Waals surface area (Å²) in [5.41, 5.74) is 0.774. The Bertz CT molecular complexity index is 804. The molecule has 1 saturated heterocycles. The molecule has 8 heteroatoms. The third-order valence-corrected chi connectivity index (χ3v) is 6.96. The van der Waals surface area contributed by atoms with E-state index in [9.17, 15) is 12.8 Å². The third-order valence-electron chi connectivity index (χ3n) is 3.98. The molecule has 1 N–H and O–H groups in total. The molecule has 2 heterocycles. The van der Waals surface area contributed by atoms with Gasteiger partial charge in [-0.15, -0.1) is 0 Å².